The Kier molecular flexibility index (Phi) is 6.54. The summed E-state index contributed by atoms with van der Waals surface area (Å²) in [4.78, 5) is 24.3. The van der Waals surface area contributed by atoms with Crippen LogP contribution in [0.1, 0.15) is 25.5 Å². The van der Waals surface area contributed by atoms with E-state index in [2.05, 4.69) is 0 Å². The van der Waals surface area contributed by atoms with E-state index in [1.54, 1.807) is 43.4 Å². The van der Waals surface area contributed by atoms with Crippen molar-refractivity contribution in [3.05, 3.63) is 64.2 Å². The molecule has 0 unspecified atom stereocenters. The Morgan fingerprint density at radius 3 is 2.35 bits per heavy atom. The molecule has 0 aliphatic rings. The number of carbonyl (C=O) groups is 1. The molecule has 26 heavy (non-hydrogen) atoms. The predicted octanol–water partition coefficient (Wildman–Crippen LogP) is 3.59. The van der Waals surface area contributed by atoms with Crippen LogP contribution >= 0.6 is 0 Å². The number of hydrogen-bond acceptors (Lipinski definition) is 5. The maximum atomic E-state index is 12.4. The van der Waals surface area contributed by atoms with Crippen LogP contribution in [0.5, 0.6) is 11.5 Å². The number of non-ortho nitro benzene ring substituents is 1. The minimum Gasteiger partial charge on any atom is -0.494 e. The molecule has 0 bridgehead atoms. The minimum absolute atomic E-state index is 0.000775. The van der Waals surface area contributed by atoms with Gasteiger partial charge in [0.1, 0.15) is 11.5 Å². The molecule has 138 valence electrons. The molecular weight excluding hydrogens is 336 g/mol. The molecule has 0 aromatic heterocycles. The largest absolute Gasteiger partial charge is 0.494 e. The topological polar surface area (TPSA) is 81.9 Å². The van der Waals surface area contributed by atoms with Gasteiger partial charge in [0.15, 0.2) is 6.61 Å². The van der Waals surface area contributed by atoms with Gasteiger partial charge in [0, 0.05) is 19.2 Å². The number of hydrogen-bond donors (Lipinski definition) is 0. The molecule has 0 heterocycles. The average Bonchev–Trinajstić information content (AvgIpc) is 2.66. The number of ether oxygens (including phenoxy) is 2. The number of benzene rings is 2. The SMILES string of the molecule is CCOc1ccc(OCC(=O)N(C)[C@H](C)c2cccc([N+](=O)[O-])c2)cc1. The maximum Gasteiger partial charge on any atom is 0.269 e. The maximum absolute atomic E-state index is 12.4. The van der Waals surface area contributed by atoms with E-state index in [1.165, 1.54) is 17.0 Å². The second-order valence-electron chi connectivity index (χ2n) is 5.73. The van der Waals surface area contributed by atoms with Gasteiger partial charge in [-0.25, -0.2) is 0 Å². The summed E-state index contributed by atoms with van der Waals surface area (Å²) < 4.78 is 10.9. The molecule has 1 atom stereocenters. The van der Waals surface area contributed by atoms with Gasteiger partial charge in [-0.05, 0) is 43.7 Å². The van der Waals surface area contributed by atoms with Crippen molar-refractivity contribution in [3.63, 3.8) is 0 Å². The quantitative estimate of drug-likeness (QED) is 0.532. The predicted molar refractivity (Wildman–Crippen MR) is 97.4 cm³/mol. The molecule has 7 nitrogen and oxygen atoms in total. The highest BCUT2D eigenvalue weighted by Crippen LogP contribution is 2.23. The highest BCUT2D eigenvalue weighted by Gasteiger charge is 2.19. The van der Waals surface area contributed by atoms with Crippen LogP contribution < -0.4 is 9.47 Å². The van der Waals surface area contributed by atoms with Gasteiger partial charge in [-0.1, -0.05) is 12.1 Å². The van der Waals surface area contributed by atoms with Crippen LogP contribution in [0.4, 0.5) is 5.69 Å². The summed E-state index contributed by atoms with van der Waals surface area (Å²) in [5.74, 6) is 1.08. The van der Waals surface area contributed by atoms with Crippen LogP contribution in [-0.2, 0) is 4.79 Å². The number of nitrogens with zero attached hydrogens (tertiary/aromatic N) is 2. The van der Waals surface area contributed by atoms with Crippen LogP contribution in [0.3, 0.4) is 0 Å². The molecule has 0 radical (unpaired) electrons. The fourth-order valence-corrected chi connectivity index (χ4v) is 2.38. The fourth-order valence-electron chi connectivity index (χ4n) is 2.38. The first-order valence-electron chi connectivity index (χ1n) is 8.28. The van der Waals surface area contributed by atoms with Crippen molar-refractivity contribution in [3.8, 4) is 11.5 Å². The Labute approximate surface area is 152 Å². The third-order valence-electron chi connectivity index (χ3n) is 4.03. The number of rotatable bonds is 8. The van der Waals surface area contributed by atoms with Crippen LogP contribution in [0.25, 0.3) is 0 Å². The highest BCUT2D eigenvalue weighted by atomic mass is 16.6. The van der Waals surface area contributed by atoms with Gasteiger partial charge in [-0.3, -0.25) is 14.9 Å². The monoisotopic (exact) mass is 358 g/mol. The van der Waals surface area contributed by atoms with Gasteiger partial charge < -0.3 is 14.4 Å². The van der Waals surface area contributed by atoms with E-state index in [1.807, 2.05) is 13.8 Å². The van der Waals surface area contributed by atoms with Crippen LogP contribution in [0, 0.1) is 10.1 Å². The molecule has 0 N–H and O–H groups in total. The van der Waals surface area contributed by atoms with Gasteiger partial charge in [0.2, 0.25) is 0 Å². The van der Waals surface area contributed by atoms with E-state index in [0.717, 1.165) is 5.75 Å². The standard InChI is InChI=1S/C19H22N2O5/c1-4-25-17-8-10-18(11-9-17)26-13-19(22)20(3)14(2)15-6-5-7-16(12-15)21(23)24/h5-12,14H,4,13H2,1-3H3/t14-/m1/s1. The normalized spacial score (nSPS) is 11.5. The summed E-state index contributed by atoms with van der Waals surface area (Å²) in [6, 6.07) is 13.0. The van der Waals surface area contributed by atoms with E-state index in [0.29, 0.717) is 17.9 Å². The van der Waals surface area contributed by atoms with E-state index < -0.39 is 4.92 Å². The highest BCUT2D eigenvalue weighted by molar-refractivity contribution is 5.78. The number of amides is 1. The van der Waals surface area contributed by atoms with Gasteiger partial charge in [-0.2, -0.15) is 0 Å². The van der Waals surface area contributed by atoms with Crippen molar-refractivity contribution in [2.24, 2.45) is 0 Å². The lowest BCUT2D eigenvalue weighted by Gasteiger charge is -2.25. The lowest BCUT2D eigenvalue weighted by molar-refractivity contribution is -0.384. The van der Waals surface area contributed by atoms with Crippen molar-refractivity contribution in [2.45, 2.75) is 19.9 Å². The third kappa shape index (κ3) is 4.95. The Balaban J connectivity index is 1.95. The first kappa shape index (κ1) is 19.2. The molecule has 0 fully saturated rings. The number of carbonyl (C=O) groups excluding carboxylic acids is 1. The van der Waals surface area contributed by atoms with Crippen molar-refractivity contribution < 1.29 is 19.2 Å². The van der Waals surface area contributed by atoms with Crippen molar-refractivity contribution in [1.29, 1.82) is 0 Å². The molecule has 0 spiro atoms. The first-order valence-corrected chi connectivity index (χ1v) is 8.28. The Bertz CT molecular complexity index is 761. The molecule has 7 heteroatoms. The molecule has 2 aromatic rings. The van der Waals surface area contributed by atoms with Gasteiger partial charge >= 0.3 is 0 Å². The Morgan fingerprint density at radius 2 is 1.77 bits per heavy atom. The van der Waals surface area contributed by atoms with Crippen LogP contribution in [0.15, 0.2) is 48.5 Å². The first-order chi connectivity index (χ1) is 12.4. The second-order valence-corrected chi connectivity index (χ2v) is 5.73. The van der Waals surface area contributed by atoms with Gasteiger partial charge in [0.05, 0.1) is 17.6 Å². The van der Waals surface area contributed by atoms with E-state index in [9.17, 15) is 14.9 Å². The zero-order valence-electron chi connectivity index (χ0n) is 15.0. The fraction of sp³-hybridized carbons (Fsp3) is 0.316. The summed E-state index contributed by atoms with van der Waals surface area (Å²) in [7, 11) is 1.65. The summed E-state index contributed by atoms with van der Waals surface area (Å²) in [5.41, 5.74) is 0.692. The average molecular weight is 358 g/mol. The van der Waals surface area contributed by atoms with Crippen molar-refractivity contribution >= 4 is 11.6 Å². The molecule has 0 aliphatic carbocycles. The molecule has 2 rings (SSSR count). The molecule has 0 saturated heterocycles. The van der Waals surface area contributed by atoms with Crippen molar-refractivity contribution in [1.82, 2.24) is 4.90 Å². The number of nitro groups is 1. The van der Waals surface area contributed by atoms with E-state index in [4.69, 9.17) is 9.47 Å². The smallest absolute Gasteiger partial charge is 0.269 e. The van der Waals surface area contributed by atoms with Gasteiger partial charge in [0.25, 0.3) is 11.6 Å². The third-order valence-corrected chi connectivity index (χ3v) is 4.03. The van der Waals surface area contributed by atoms with E-state index >= 15 is 0 Å². The summed E-state index contributed by atoms with van der Waals surface area (Å²) >= 11 is 0. The zero-order chi connectivity index (χ0) is 19.1. The lowest BCUT2D eigenvalue weighted by atomic mass is 10.1. The van der Waals surface area contributed by atoms with Crippen LogP contribution in [-0.4, -0.2) is 36.0 Å². The number of likely N-dealkylation sites (N-methyl/N-ethyl adjacent to an activating group) is 1. The molecule has 0 aliphatic heterocycles. The Hall–Kier alpha value is -3.09. The lowest BCUT2D eigenvalue weighted by Crippen LogP contribution is -2.33. The second kappa shape index (κ2) is 8.84. The molecule has 2 aromatic carbocycles. The van der Waals surface area contributed by atoms with Crippen molar-refractivity contribution in [2.75, 3.05) is 20.3 Å². The Morgan fingerprint density at radius 1 is 1.15 bits per heavy atom. The molecule has 0 saturated carbocycles. The summed E-state index contributed by atoms with van der Waals surface area (Å²) in [6.45, 7) is 4.18. The molecule has 1 amide bonds. The summed E-state index contributed by atoms with van der Waals surface area (Å²) in [5, 5.41) is 10.9. The van der Waals surface area contributed by atoms with Gasteiger partial charge in [-0.15, -0.1) is 0 Å². The minimum atomic E-state index is -0.451. The van der Waals surface area contributed by atoms with E-state index in [-0.39, 0.29) is 24.2 Å². The molecular formula is C19H22N2O5. The zero-order valence-corrected chi connectivity index (χ0v) is 15.0. The number of nitro benzene ring substituents is 1. The summed E-state index contributed by atoms with van der Waals surface area (Å²) in [6.07, 6.45) is 0. The van der Waals surface area contributed by atoms with Crippen LogP contribution in [0.2, 0.25) is 0 Å².